The van der Waals surface area contributed by atoms with E-state index in [0.717, 1.165) is 13.1 Å². The summed E-state index contributed by atoms with van der Waals surface area (Å²) in [6.45, 7) is 5.73. The lowest BCUT2D eigenvalue weighted by atomic mass is 9.94. The normalized spacial score (nSPS) is 14.6. The molecule has 4 rings (SSSR count). The van der Waals surface area contributed by atoms with Crippen molar-refractivity contribution in [1.82, 2.24) is 4.90 Å². The number of sulfonamides is 1. The van der Waals surface area contributed by atoms with Gasteiger partial charge in [-0.2, -0.15) is 0 Å². The Balaban J connectivity index is 1.47. The number of rotatable bonds is 10. The maximum absolute atomic E-state index is 13.3. The number of carbonyl (C=O) groups excluding carboxylic acids is 2. The van der Waals surface area contributed by atoms with Crippen LogP contribution in [-0.4, -0.2) is 64.7 Å². The number of hydrogen-bond donors (Lipinski definition) is 3. The zero-order chi connectivity index (χ0) is 28.0. The van der Waals surface area contributed by atoms with Crippen molar-refractivity contribution in [2.45, 2.75) is 25.2 Å². The van der Waals surface area contributed by atoms with Gasteiger partial charge in [0.15, 0.2) is 0 Å². The van der Waals surface area contributed by atoms with E-state index in [-0.39, 0.29) is 10.8 Å². The average molecular weight is 557 g/mol. The number of benzene rings is 3. The molecule has 3 N–H and O–H groups in total. The summed E-state index contributed by atoms with van der Waals surface area (Å²) >= 11 is 0. The molecule has 0 unspecified atom stereocenters. The second-order valence-corrected chi connectivity index (χ2v) is 11.7. The molecular weight excluding hydrogens is 523 g/mol. The van der Waals surface area contributed by atoms with Gasteiger partial charge in [0.1, 0.15) is 6.67 Å². The Morgan fingerprint density at radius 3 is 2.26 bits per heavy atom. The van der Waals surface area contributed by atoms with Crippen LogP contribution in [0.25, 0.3) is 10.8 Å². The third-order valence-corrected chi connectivity index (χ3v) is 7.99. The second kappa shape index (κ2) is 12.1. The largest absolute Gasteiger partial charge is 0.379 e. The van der Waals surface area contributed by atoms with Crippen LogP contribution in [-0.2, 0) is 24.3 Å². The van der Waals surface area contributed by atoms with Crippen LogP contribution in [0.3, 0.4) is 0 Å². The first-order valence-corrected chi connectivity index (χ1v) is 14.2. The molecule has 9 nitrogen and oxygen atoms in total. The van der Waals surface area contributed by atoms with Crippen molar-refractivity contribution in [3.8, 4) is 0 Å². The summed E-state index contributed by atoms with van der Waals surface area (Å²) in [4.78, 5) is 27.1. The van der Waals surface area contributed by atoms with Gasteiger partial charge in [0, 0.05) is 53.9 Å². The highest BCUT2D eigenvalue weighted by Crippen LogP contribution is 2.30. The van der Waals surface area contributed by atoms with Crippen molar-refractivity contribution in [1.29, 1.82) is 0 Å². The van der Waals surface area contributed by atoms with Gasteiger partial charge in [-0.15, -0.1) is 0 Å². The molecule has 0 bridgehead atoms. The zero-order valence-electron chi connectivity index (χ0n) is 22.0. The molecular formula is C28H33FN4O5S. The lowest BCUT2D eigenvalue weighted by Gasteiger charge is -2.26. The molecule has 1 aliphatic heterocycles. The van der Waals surface area contributed by atoms with Gasteiger partial charge in [0.25, 0.3) is 10.0 Å². The molecule has 1 aliphatic rings. The minimum atomic E-state index is -3.99. The second-order valence-electron chi connectivity index (χ2n) is 10.1. The van der Waals surface area contributed by atoms with Crippen LogP contribution in [0, 0.1) is 5.41 Å². The van der Waals surface area contributed by atoms with E-state index in [0.29, 0.717) is 54.0 Å². The molecule has 0 spiro atoms. The van der Waals surface area contributed by atoms with Crippen molar-refractivity contribution < 1.29 is 27.1 Å². The number of fused-ring (bicyclic) bond motifs is 1. The van der Waals surface area contributed by atoms with E-state index in [4.69, 9.17) is 4.74 Å². The van der Waals surface area contributed by atoms with E-state index in [1.165, 1.54) is 44.2 Å². The minimum absolute atomic E-state index is 0.0616. The first-order chi connectivity index (χ1) is 18.6. The Morgan fingerprint density at radius 1 is 0.923 bits per heavy atom. The number of halogens is 1. The van der Waals surface area contributed by atoms with E-state index in [9.17, 15) is 22.4 Å². The summed E-state index contributed by atoms with van der Waals surface area (Å²) in [5.41, 5.74) is 0.0779. The van der Waals surface area contributed by atoms with Crippen LogP contribution in [0.15, 0.2) is 65.6 Å². The number of anilines is 3. The Morgan fingerprint density at radius 2 is 1.56 bits per heavy atom. The topological polar surface area (TPSA) is 117 Å². The van der Waals surface area contributed by atoms with E-state index in [2.05, 4.69) is 20.3 Å². The molecule has 0 saturated carbocycles. The summed E-state index contributed by atoms with van der Waals surface area (Å²) in [6.07, 6.45) is 0.317. The van der Waals surface area contributed by atoms with Crippen LogP contribution < -0.4 is 15.4 Å². The predicted molar refractivity (Wildman–Crippen MR) is 150 cm³/mol. The molecule has 39 heavy (non-hydrogen) atoms. The molecule has 0 aliphatic carbocycles. The smallest absolute Gasteiger partial charge is 0.262 e. The van der Waals surface area contributed by atoms with Gasteiger partial charge in [-0.3, -0.25) is 19.2 Å². The number of nitrogens with zero attached hydrogens (tertiary/aromatic N) is 1. The summed E-state index contributed by atoms with van der Waals surface area (Å²) in [5, 5.41) is 6.62. The third kappa shape index (κ3) is 7.11. The van der Waals surface area contributed by atoms with Gasteiger partial charge in [0.05, 0.1) is 23.5 Å². The standard InChI is InChI=1S/C28H33FN4O5S/c1-28(2,19-29)27(35)30-20-9-11-21(12-10-20)32-39(36,37)25-8-4-5-22-23(25)6-3-7-24(22)31-26(34)13-14-33-15-17-38-18-16-33/h3-12,32H,13-19H2,1-2H3,(H,30,35)(H,31,34). The highest BCUT2D eigenvalue weighted by Gasteiger charge is 2.27. The van der Waals surface area contributed by atoms with Gasteiger partial charge in [-0.1, -0.05) is 24.3 Å². The van der Waals surface area contributed by atoms with Gasteiger partial charge in [-0.25, -0.2) is 12.8 Å². The van der Waals surface area contributed by atoms with Crippen LogP contribution in [0.5, 0.6) is 0 Å². The lowest BCUT2D eigenvalue weighted by Crippen LogP contribution is -2.38. The predicted octanol–water partition coefficient (Wildman–Crippen LogP) is 4.24. The van der Waals surface area contributed by atoms with Crippen molar-refractivity contribution in [2.75, 3.05) is 54.9 Å². The van der Waals surface area contributed by atoms with E-state index in [1.54, 1.807) is 30.3 Å². The summed E-state index contributed by atoms with van der Waals surface area (Å²) in [7, 11) is -3.99. The van der Waals surface area contributed by atoms with Crippen molar-refractivity contribution >= 4 is 49.7 Å². The minimum Gasteiger partial charge on any atom is -0.379 e. The fourth-order valence-electron chi connectivity index (χ4n) is 4.11. The summed E-state index contributed by atoms with van der Waals surface area (Å²) < 4.78 is 47.6. The first-order valence-electron chi connectivity index (χ1n) is 12.7. The maximum Gasteiger partial charge on any atom is 0.262 e. The number of morpholine rings is 1. The fourth-order valence-corrected chi connectivity index (χ4v) is 5.40. The highest BCUT2D eigenvalue weighted by atomic mass is 32.2. The number of alkyl halides is 1. The molecule has 3 aromatic carbocycles. The van der Waals surface area contributed by atoms with Gasteiger partial charge in [0.2, 0.25) is 11.8 Å². The Bertz CT molecular complexity index is 1440. The SMILES string of the molecule is CC(C)(CF)C(=O)Nc1ccc(NS(=O)(=O)c2cccc3c(NC(=O)CCN4CCOCC4)cccc23)cc1. The monoisotopic (exact) mass is 556 g/mol. The quantitative estimate of drug-likeness (QED) is 0.344. The zero-order valence-corrected chi connectivity index (χ0v) is 22.8. The molecule has 208 valence electrons. The fraction of sp³-hybridized carbons (Fsp3) is 0.357. The Kier molecular flexibility index (Phi) is 8.83. The molecule has 11 heteroatoms. The molecule has 1 heterocycles. The average Bonchev–Trinajstić information content (AvgIpc) is 2.93. The molecule has 1 saturated heterocycles. The lowest BCUT2D eigenvalue weighted by molar-refractivity contribution is -0.124. The van der Waals surface area contributed by atoms with E-state index < -0.39 is 28.0 Å². The number of hydrogen-bond acceptors (Lipinski definition) is 6. The van der Waals surface area contributed by atoms with E-state index in [1.807, 2.05) is 0 Å². The number of carbonyl (C=O) groups is 2. The molecule has 1 fully saturated rings. The maximum atomic E-state index is 13.3. The summed E-state index contributed by atoms with van der Waals surface area (Å²) in [5.74, 6) is -0.625. The Labute approximate surface area is 227 Å². The van der Waals surface area contributed by atoms with Crippen LogP contribution in [0.1, 0.15) is 20.3 Å². The van der Waals surface area contributed by atoms with Crippen molar-refractivity contribution in [3.63, 3.8) is 0 Å². The van der Waals surface area contributed by atoms with Gasteiger partial charge < -0.3 is 15.4 Å². The van der Waals surface area contributed by atoms with E-state index >= 15 is 0 Å². The van der Waals surface area contributed by atoms with Gasteiger partial charge in [-0.05, 0) is 50.2 Å². The highest BCUT2D eigenvalue weighted by molar-refractivity contribution is 7.93. The van der Waals surface area contributed by atoms with Crippen LogP contribution >= 0.6 is 0 Å². The molecule has 0 radical (unpaired) electrons. The molecule has 3 aromatic rings. The number of nitrogens with one attached hydrogen (secondary N) is 3. The molecule has 0 aromatic heterocycles. The third-order valence-electron chi connectivity index (χ3n) is 6.55. The molecule has 0 atom stereocenters. The summed E-state index contributed by atoms with van der Waals surface area (Å²) in [6, 6.07) is 16.2. The van der Waals surface area contributed by atoms with Crippen LogP contribution in [0.4, 0.5) is 21.5 Å². The Hall–Kier alpha value is -3.54. The van der Waals surface area contributed by atoms with Crippen molar-refractivity contribution in [2.24, 2.45) is 5.41 Å². The molecule has 2 amide bonds. The van der Waals surface area contributed by atoms with Crippen molar-refractivity contribution in [3.05, 3.63) is 60.7 Å². The van der Waals surface area contributed by atoms with Gasteiger partial charge >= 0.3 is 0 Å². The number of ether oxygens (including phenoxy) is 1. The number of amides is 2. The first kappa shape index (κ1) is 28.5. The van der Waals surface area contributed by atoms with Crippen LogP contribution in [0.2, 0.25) is 0 Å².